The number of benzene rings is 1. The number of methoxy groups -OCH3 is 1. The van der Waals surface area contributed by atoms with Crippen molar-refractivity contribution < 1.29 is 24.2 Å². The number of rotatable bonds is 7. The number of urea groups is 1. The van der Waals surface area contributed by atoms with Crippen LogP contribution in [-0.2, 0) is 9.53 Å². The van der Waals surface area contributed by atoms with E-state index in [0.717, 1.165) is 25.1 Å². The standard InChI is InChI=1S/C20H27N3O5/c1-3-28-19(25)17-16(11-23-9-8-13(10-23)12-24)21-20(26)22-18(17)14-4-6-15(27-2)7-5-14/h4-7,13,18,24H,3,8-12H2,1-2H3,(H2,21,22,26)/t13-,18-/m1/s1. The monoisotopic (exact) mass is 389 g/mol. The van der Waals surface area contributed by atoms with Crippen LogP contribution >= 0.6 is 0 Å². The van der Waals surface area contributed by atoms with Crippen LogP contribution in [0, 0.1) is 5.92 Å². The highest BCUT2D eigenvalue weighted by Crippen LogP contribution is 2.30. The van der Waals surface area contributed by atoms with Crippen molar-refractivity contribution >= 4 is 12.0 Å². The average Bonchev–Trinajstić information content (AvgIpc) is 3.15. The topological polar surface area (TPSA) is 100 Å². The third-order valence-corrected chi connectivity index (χ3v) is 5.11. The number of carbonyl (C=O) groups is 2. The van der Waals surface area contributed by atoms with E-state index >= 15 is 0 Å². The molecule has 8 nitrogen and oxygen atoms in total. The molecular weight excluding hydrogens is 362 g/mol. The lowest BCUT2D eigenvalue weighted by Crippen LogP contribution is -2.48. The fraction of sp³-hybridized carbons (Fsp3) is 0.500. The second-order valence-corrected chi connectivity index (χ2v) is 6.99. The third-order valence-electron chi connectivity index (χ3n) is 5.11. The molecule has 3 N–H and O–H groups in total. The van der Waals surface area contributed by atoms with Crippen molar-refractivity contribution in [2.24, 2.45) is 5.92 Å². The number of carbonyl (C=O) groups excluding carboxylic acids is 2. The summed E-state index contributed by atoms with van der Waals surface area (Å²) in [5, 5.41) is 15.0. The van der Waals surface area contributed by atoms with Crippen molar-refractivity contribution in [3.8, 4) is 5.75 Å². The van der Waals surface area contributed by atoms with Crippen LogP contribution in [-0.4, -0.2) is 62.0 Å². The second-order valence-electron chi connectivity index (χ2n) is 6.99. The minimum Gasteiger partial charge on any atom is -0.497 e. The third kappa shape index (κ3) is 4.45. The van der Waals surface area contributed by atoms with Gasteiger partial charge in [0, 0.05) is 25.4 Å². The first kappa shape index (κ1) is 20.2. The van der Waals surface area contributed by atoms with E-state index in [1.54, 1.807) is 26.2 Å². The van der Waals surface area contributed by atoms with Gasteiger partial charge < -0.3 is 25.2 Å². The number of amides is 2. The molecule has 2 aliphatic heterocycles. The summed E-state index contributed by atoms with van der Waals surface area (Å²) in [7, 11) is 1.58. The number of aliphatic hydroxyl groups excluding tert-OH is 1. The molecule has 0 unspecified atom stereocenters. The van der Waals surface area contributed by atoms with Crippen molar-refractivity contribution in [1.29, 1.82) is 0 Å². The van der Waals surface area contributed by atoms with Crippen molar-refractivity contribution in [2.45, 2.75) is 19.4 Å². The fourth-order valence-electron chi connectivity index (χ4n) is 3.67. The lowest BCUT2D eigenvalue weighted by molar-refractivity contribution is -0.139. The normalized spacial score (nSPS) is 22.6. The maximum absolute atomic E-state index is 12.8. The molecule has 152 valence electrons. The lowest BCUT2D eigenvalue weighted by atomic mass is 9.95. The largest absolute Gasteiger partial charge is 0.497 e. The van der Waals surface area contributed by atoms with Crippen molar-refractivity contribution in [1.82, 2.24) is 15.5 Å². The van der Waals surface area contributed by atoms with Gasteiger partial charge in [-0.1, -0.05) is 12.1 Å². The van der Waals surface area contributed by atoms with Gasteiger partial charge >= 0.3 is 12.0 Å². The Balaban J connectivity index is 1.94. The number of nitrogens with one attached hydrogen (secondary N) is 2. The zero-order valence-corrected chi connectivity index (χ0v) is 16.2. The molecular formula is C20H27N3O5. The molecule has 0 aromatic heterocycles. The van der Waals surface area contributed by atoms with Crippen LogP contribution in [0.25, 0.3) is 0 Å². The summed E-state index contributed by atoms with van der Waals surface area (Å²) in [4.78, 5) is 27.2. The van der Waals surface area contributed by atoms with E-state index in [2.05, 4.69) is 15.5 Å². The van der Waals surface area contributed by atoms with Crippen LogP contribution < -0.4 is 15.4 Å². The lowest BCUT2D eigenvalue weighted by Gasteiger charge is -2.31. The molecule has 0 aliphatic carbocycles. The number of esters is 1. The predicted octanol–water partition coefficient (Wildman–Crippen LogP) is 1.18. The minimum atomic E-state index is -0.607. The molecule has 3 rings (SSSR count). The highest BCUT2D eigenvalue weighted by molar-refractivity contribution is 5.95. The molecule has 1 saturated heterocycles. The molecule has 8 heteroatoms. The van der Waals surface area contributed by atoms with Gasteiger partial charge in [-0.15, -0.1) is 0 Å². The Morgan fingerprint density at radius 2 is 2.07 bits per heavy atom. The molecule has 2 atom stereocenters. The number of nitrogens with zero attached hydrogens (tertiary/aromatic N) is 1. The van der Waals surface area contributed by atoms with Gasteiger partial charge in [-0.2, -0.15) is 0 Å². The van der Waals surface area contributed by atoms with E-state index in [1.807, 2.05) is 12.1 Å². The Hall–Kier alpha value is -2.58. The van der Waals surface area contributed by atoms with Gasteiger partial charge in [-0.05, 0) is 43.5 Å². The predicted molar refractivity (Wildman–Crippen MR) is 103 cm³/mol. The maximum atomic E-state index is 12.8. The van der Waals surface area contributed by atoms with E-state index in [-0.39, 0.29) is 25.2 Å². The van der Waals surface area contributed by atoms with Gasteiger partial charge in [0.05, 0.1) is 25.3 Å². The van der Waals surface area contributed by atoms with E-state index in [4.69, 9.17) is 9.47 Å². The number of hydrogen-bond acceptors (Lipinski definition) is 6. The number of ether oxygens (including phenoxy) is 2. The molecule has 0 spiro atoms. The molecule has 1 fully saturated rings. The molecule has 1 aromatic rings. The summed E-state index contributed by atoms with van der Waals surface area (Å²) in [5.41, 5.74) is 1.71. The van der Waals surface area contributed by atoms with Gasteiger partial charge in [-0.25, -0.2) is 9.59 Å². The Kier molecular flexibility index (Phi) is 6.53. The van der Waals surface area contributed by atoms with Gasteiger partial charge in [-0.3, -0.25) is 4.90 Å². The van der Waals surface area contributed by atoms with Crippen LogP contribution in [0.3, 0.4) is 0 Å². The zero-order valence-electron chi connectivity index (χ0n) is 16.2. The van der Waals surface area contributed by atoms with E-state index in [0.29, 0.717) is 23.6 Å². The highest BCUT2D eigenvalue weighted by atomic mass is 16.5. The first-order valence-electron chi connectivity index (χ1n) is 9.50. The van der Waals surface area contributed by atoms with Crippen LogP contribution in [0.1, 0.15) is 24.9 Å². The smallest absolute Gasteiger partial charge is 0.338 e. The Morgan fingerprint density at radius 3 is 2.68 bits per heavy atom. The number of hydrogen-bond donors (Lipinski definition) is 3. The molecule has 2 aliphatic rings. The van der Waals surface area contributed by atoms with Gasteiger partial charge in [0.25, 0.3) is 0 Å². The Morgan fingerprint density at radius 1 is 1.32 bits per heavy atom. The summed E-state index contributed by atoms with van der Waals surface area (Å²) in [6.45, 7) is 4.10. The van der Waals surface area contributed by atoms with Gasteiger partial charge in [0.2, 0.25) is 0 Å². The van der Waals surface area contributed by atoms with Crippen molar-refractivity contribution in [3.05, 3.63) is 41.1 Å². The molecule has 2 heterocycles. The fourth-order valence-corrected chi connectivity index (χ4v) is 3.67. The summed E-state index contributed by atoms with van der Waals surface area (Å²) >= 11 is 0. The van der Waals surface area contributed by atoms with E-state index in [1.165, 1.54) is 0 Å². The summed E-state index contributed by atoms with van der Waals surface area (Å²) in [5.74, 6) is 0.461. The van der Waals surface area contributed by atoms with Crippen LogP contribution in [0.5, 0.6) is 5.75 Å². The quantitative estimate of drug-likeness (QED) is 0.606. The summed E-state index contributed by atoms with van der Waals surface area (Å²) in [6, 6.07) is 6.26. The second kappa shape index (κ2) is 9.07. The van der Waals surface area contributed by atoms with E-state index in [9.17, 15) is 14.7 Å². The average molecular weight is 389 g/mol. The highest BCUT2D eigenvalue weighted by Gasteiger charge is 2.35. The molecule has 1 aromatic carbocycles. The Bertz CT molecular complexity index is 747. The van der Waals surface area contributed by atoms with Crippen molar-refractivity contribution in [3.63, 3.8) is 0 Å². The van der Waals surface area contributed by atoms with E-state index < -0.39 is 12.0 Å². The van der Waals surface area contributed by atoms with Crippen LogP contribution in [0.15, 0.2) is 35.5 Å². The summed E-state index contributed by atoms with van der Waals surface area (Å²) in [6.07, 6.45) is 0.895. The van der Waals surface area contributed by atoms with Gasteiger partial charge in [0.15, 0.2) is 0 Å². The zero-order chi connectivity index (χ0) is 20.1. The van der Waals surface area contributed by atoms with Gasteiger partial charge in [0.1, 0.15) is 5.75 Å². The summed E-state index contributed by atoms with van der Waals surface area (Å²) < 4.78 is 10.5. The maximum Gasteiger partial charge on any atom is 0.338 e. The molecule has 0 saturated carbocycles. The minimum absolute atomic E-state index is 0.142. The van der Waals surface area contributed by atoms with Crippen LogP contribution in [0.4, 0.5) is 4.79 Å². The molecule has 2 amide bonds. The Labute approximate surface area is 164 Å². The molecule has 28 heavy (non-hydrogen) atoms. The van der Waals surface area contributed by atoms with Crippen molar-refractivity contribution in [2.75, 3.05) is 40.0 Å². The first-order valence-corrected chi connectivity index (χ1v) is 9.50. The van der Waals surface area contributed by atoms with Crippen LogP contribution in [0.2, 0.25) is 0 Å². The molecule has 0 bridgehead atoms. The first-order chi connectivity index (χ1) is 13.5. The number of aliphatic hydroxyl groups is 1. The SMILES string of the molecule is CCOC(=O)C1=C(CN2CC[C@@H](CO)C2)NC(=O)N[C@@H]1c1ccc(OC)cc1. The molecule has 0 radical (unpaired) electrons. The number of likely N-dealkylation sites (tertiary alicyclic amines) is 1.